The lowest BCUT2D eigenvalue weighted by Gasteiger charge is -2.19. The lowest BCUT2D eigenvalue weighted by atomic mass is 9.88. The SMILES string of the molecule is CN(C)CCCCCC1=C[C@H]2C[C@@H](O)[C@H](C=C[C@H](O)Cc3ccc(Cl)cc3)[C@H]2C1. The van der Waals surface area contributed by atoms with E-state index in [4.69, 9.17) is 11.6 Å². The molecule has 2 aliphatic rings. The number of hydrogen-bond acceptors (Lipinski definition) is 3. The van der Waals surface area contributed by atoms with Crippen molar-refractivity contribution in [1.82, 2.24) is 4.90 Å². The first-order valence-electron chi connectivity index (χ1n) is 11.1. The molecule has 0 amide bonds. The number of benzene rings is 1. The van der Waals surface area contributed by atoms with Crippen molar-refractivity contribution in [3.05, 3.63) is 58.7 Å². The molecule has 1 fully saturated rings. The normalized spacial score (nSPS) is 27.6. The molecule has 0 aromatic heterocycles. The van der Waals surface area contributed by atoms with Gasteiger partial charge in [-0.3, -0.25) is 0 Å². The molecule has 3 rings (SSSR count). The van der Waals surface area contributed by atoms with Crippen molar-refractivity contribution >= 4 is 11.6 Å². The Morgan fingerprint density at radius 2 is 1.93 bits per heavy atom. The van der Waals surface area contributed by atoms with Crippen LogP contribution in [0, 0.1) is 17.8 Å². The zero-order valence-corrected chi connectivity index (χ0v) is 18.6. The first-order valence-corrected chi connectivity index (χ1v) is 11.4. The van der Waals surface area contributed by atoms with Crippen LogP contribution >= 0.6 is 11.6 Å². The number of allylic oxidation sites excluding steroid dienone is 2. The predicted octanol–water partition coefficient (Wildman–Crippen LogP) is 4.86. The molecule has 160 valence electrons. The van der Waals surface area contributed by atoms with E-state index in [0.29, 0.717) is 23.3 Å². The van der Waals surface area contributed by atoms with Gasteiger partial charge in [0.2, 0.25) is 0 Å². The van der Waals surface area contributed by atoms with E-state index >= 15 is 0 Å². The molecule has 0 unspecified atom stereocenters. The Labute approximate surface area is 181 Å². The third kappa shape index (κ3) is 6.68. The average molecular weight is 418 g/mol. The van der Waals surface area contributed by atoms with Gasteiger partial charge < -0.3 is 15.1 Å². The first kappa shape index (κ1) is 22.6. The Morgan fingerprint density at radius 3 is 2.66 bits per heavy atom. The average Bonchev–Trinajstić information content (AvgIpc) is 3.18. The van der Waals surface area contributed by atoms with E-state index in [1.807, 2.05) is 30.3 Å². The van der Waals surface area contributed by atoms with Crippen LogP contribution in [-0.4, -0.2) is 48.0 Å². The van der Waals surface area contributed by atoms with Crippen LogP contribution in [0.5, 0.6) is 0 Å². The summed E-state index contributed by atoms with van der Waals surface area (Å²) in [5, 5.41) is 21.6. The molecule has 5 atom stereocenters. The van der Waals surface area contributed by atoms with Crippen LogP contribution in [-0.2, 0) is 6.42 Å². The van der Waals surface area contributed by atoms with Gasteiger partial charge in [-0.15, -0.1) is 0 Å². The highest BCUT2D eigenvalue weighted by atomic mass is 35.5. The molecule has 0 radical (unpaired) electrons. The monoisotopic (exact) mass is 417 g/mol. The minimum Gasteiger partial charge on any atom is -0.392 e. The summed E-state index contributed by atoms with van der Waals surface area (Å²) in [5.41, 5.74) is 2.65. The molecule has 0 saturated heterocycles. The van der Waals surface area contributed by atoms with Gasteiger partial charge in [-0.25, -0.2) is 0 Å². The lowest BCUT2D eigenvalue weighted by molar-refractivity contribution is 0.140. The third-order valence-electron chi connectivity index (χ3n) is 6.47. The highest BCUT2D eigenvalue weighted by Gasteiger charge is 2.43. The minimum atomic E-state index is -0.534. The topological polar surface area (TPSA) is 43.7 Å². The first-order chi connectivity index (χ1) is 13.9. The zero-order valence-electron chi connectivity index (χ0n) is 17.8. The van der Waals surface area contributed by atoms with Crippen molar-refractivity contribution in [3.63, 3.8) is 0 Å². The van der Waals surface area contributed by atoms with Gasteiger partial charge >= 0.3 is 0 Å². The van der Waals surface area contributed by atoms with Crippen molar-refractivity contribution in [2.45, 2.75) is 57.2 Å². The third-order valence-corrected chi connectivity index (χ3v) is 6.72. The Balaban J connectivity index is 1.46. The molecule has 0 bridgehead atoms. The van der Waals surface area contributed by atoms with Crippen LogP contribution in [0.4, 0.5) is 0 Å². The maximum Gasteiger partial charge on any atom is 0.0761 e. The molecule has 2 aliphatic carbocycles. The van der Waals surface area contributed by atoms with Gasteiger partial charge in [-0.05, 0) is 82.3 Å². The van der Waals surface area contributed by atoms with Crippen LogP contribution in [0.15, 0.2) is 48.1 Å². The standard InChI is InChI=1S/C25H36ClNO2/c1-27(2)13-5-3-4-6-19-14-20-17-25(29)23(24(20)16-19)12-11-22(28)15-18-7-9-21(26)10-8-18/h7-12,14,20,22-25,28-29H,3-6,13,15-17H2,1-2H3/t20-,22-,23+,24-,25+/m0/s1. The molecule has 1 aromatic carbocycles. The van der Waals surface area contributed by atoms with E-state index in [9.17, 15) is 10.2 Å². The van der Waals surface area contributed by atoms with Crippen LogP contribution < -0.4 is 0 Å². The van der Waals surface area contributed by atoms with Crippen molar-refractivity contribution in [2.75, 3.05) is 20.6 Å². The molecule has 0 heterocycles. The summed E-state index contributed by atoms with van der Waals surface area (Å²) in [5.74, 6) is 1.16. The molecular formula is C25H36ClNO2. The molecule has 2 N–H and O–H groups in total. The minimum absolute atomic E-state index is 0.155. The second kappa shape index (κ2) is 10.8. The van der Waals surface area contributed by atoms with Gasteiger partial charge in [0, 0.05) is 17.4 Å². The fraction of sp³-hybridized carbons (Fsp3) is 0.600. The van der Waals surface area contributed by atoms with Gasteiger partial charge in [-0.1, -0.05) is 54.0 Å². The maximum atomic E-state index is 10.5. The fourth-order valence-electron chi connectivity index (χ4n) is 4.93. The number of aliphatic hydroxyl groups excluding tert-OH is 2. The van der Waals surface area contributed by atoms with E-state index in [2.05, 4.69) is 31.1 Å². The van der Waals surface area contributed by atoms with Gasteiger partial charge in [0.15, 0.2) is 0 Å². The van der Waals surface area contributed by atoms with Crippen LogP contribution in [0.25, 0.3) is 0 Å². The molecule has 3 nitrogen and oxygen atoms in total. The molecule has 4 heteroatoms. The second-order valence-electron chi connectivity index (χ2n) is 9.13. The van der Waals surface area contributed by atoms with E-state index in [1.54, 1.807) is 5.57 Å². The molecule has 1 aromatic rings. The second-order valence-corrected chi connectivity index (χ2v) is 9.57. The van der Waals surface area contributed by atoms with E-state index in [0.717, 1.165) is 18.4 Å². The molecule has 0 aliphatic heterocycles. The summed E-state index contributed by atoms with van der Waals surface area (Å²) in [6, 6.07) is 7.60. The van der Waals surface area contributed by atoms with E-state index in [1.165, 1.54) is 32.2 Å². The predicted molar refractivity (Wildman–Crippen MR) is 121 cm³/mol. The summed E-state index contributed by atoms with van der Waals surface area (Å²) < 4.78 is 0. The van der Waals surface area contributed by atoms with Crippen LogP contribution in [0.2, 0.25) is 5.02 Å². The van der Waals surface area contributed by atoms with Gasteiger partial charge in [0.1, 0.15) is 0 Å². The van der Waals surface area contributed by atoms with Crippen molar-refractivity contribution < 1.29 is 10.2 Å². The number of aliphatic hydroxyl groups is 2. The van der Waals surface area contributed by atoms with E-state index in [-0.39, 0.29) is 12.0 Å². The summed E-state index contributed by atoms with van der Waals surface area (Å²) in [6.07, 6.45) is 13.1. The van der Waals surface area contributed by atoms with Crippen LogP contribution in [0.3, 0.4) is 0 Å². The Hall–Kier alpha value is -1.13. The molecular weight excluding hydrogens is 382 g/mol. The van der Waals surface area contributed by atoms with Gasteiger partial charge in [0.25, 0.3) is 0 Å². The Morgan fingerprint density at radius 1 is 1.17 bits per heavy atom. The Kier molecular flexibility index (Phi) is 8.37. The summed E-state index contributed by atoms with van der Waals surface area (Å²) in [4.78, 5) is 2.25. The molecule has 0 spiro atoms. The van der Waals surface area contributed by atoms with Crippen LogP contribution in [0.1, 0.15) is 44.1 Å². The lowest BCUT2D eigenvalue weighted by Crippen LogP contribution is -2.18. The molecule has 1 saturated carbocycles. The summed E-state index contributed by atoms with van der Waals surface area (Å²) in [6.45, 7) is 1.17. The number of rotatable bonds is 10. The molecule has 29 heavy (non-hydrogen) atoms. The number of hydrogen-bond donors (Lipinski definition) is 2. The van der Waals surface area contributed by atoms with E-state index < -0.39 is 6.10 Å². The Bertz CT molecular complexity index is 697. The number of fused-ring (bicyclic) bond motifs is 1. The summed E-state index contributed by atoms with van der Waals surface area (Å²) >= 11 is 5.92. The van der Waals surface area contributed by atoms with Gasteiger partial charge in [-0.2, -0.15) is 0 Å². The van der Waals surface area contributed by atoms with Crippen molar-refractivity contribution in [3.8, 4) is 0 Å². The number of unbranched alkanes of at least 4 members (excludes halogenated alkanes) is 2. The highest BCUT2D eigenvalue weighted by Crippen LogP contribution is 2.48. The smallest absolute Gasteiger partial charge is 0.0761 e. The highest BCUT2D eigenvalue weighted by molar-refractivity contribution is 6.30. The number of halogens is 1. The largest absolute Gasteiger partial charge is 0.392 e. The fourth-order valence-corrected chi connectivity index (χ4v) is 5.06. The van der Waals surface area contributed by atoms with Crippen molar-refractivity contribution in [1.29, 1.82) is 0 Å². The quantitative estimate of drug-likeness (QED) is 0.421. The summed E-state index contributed by atoms with van der Waals surface area (Å²) in [7, 11) is 4.26. The van der Waals surface area contributed by atoms with Crippen molar-refractivity contribution in [2.24, 2.45) is 17.8 Å². The zero-order chi connectivity index (χ0) is 20.8. The maximum absolute atomic E-state index is 10.5. The number of nitrogens with zero attached hydrogens (tertiary/aromatic N) is 1. The van der Waals surface area contributed by atoms with Gasteiger partial charge in [0.05, 0.1) is 12.2 Å².